The maximum Gasteiger partial charge on any atom is 0.275 e. The average molecular weight is 373 g/mol. The van der Waals surface area contributed by atoms with Crippen molar-refractivity contribution in [2.24, 2.45) is 0 Å². The lowest BCUT2D eigenvalue weighted by Gasteiger charge is -2.13. The molecule has 2 aromatic rings. The van der Waals surface area contributed by atoms with E-state index in [0.29, 0.717) is 28.2 Å². The van der Waals surface area contributed by atoms with E-state index in [1.807, 2.05) is 36.5 Å². The number of halogens is 3. The number of hydrogen-bond acceptors (Lipinski definition) is 1. The van der Waals surface area contributed by atoms with E-state index in [4.69, 9.17) is 34.8 Å². The van der Waals surface area contributed by atoms with Crippen molar-refractivity contribution in [3.8, 4) is 0 Å². The summed E-state index contributed by atoms with van der Waals surface area (Å²) in [6, 6.07) is 12.9. The van der Waals surface area contributed by atoms with Gasteiger partial charge < -0.3 is 10.6 Å². The van der Waals surface area contributed by atoms with Crippen LogP contribution in [0.2, 0.25) is 15.1 Å². The fraction of sp³-hybridized carbons (Fsp3) is 0.235. The highest BCUT2D eigenvalue weighted by Gasteiger charge is 2.14. The lowest BCUT2D eigenvalue weighted by atomic mass is 10.1. The van der Waals surface area contributed by atoms with Crippen molar-refractivity contribution in [2.45, 2.75) is 19.5 Å². The summed E-state index contributed by atoms with van der Waals surface area (Å²) in [5.74, 6) is -0.0399. The topological polar surface area (TPSA) is 45.7 Å². The molecule has 0 bridgehead atoms. The molecule has 0 unspecified atom stereocenters. The fourth-order valence-corrected chi connectivity index (χ4v) is 2.99. The van der Waals surface area contributed by atoms with Gasteiger partial charge in [-0.1, -0.05) is 53.0 Å². The molecule has 0 aliphatic carbocycles. The highest BCUT2D eigenvalue weighted by atomic mass is 35.5. The van der Waals surface area contributed by atoms with Crippen molar-refractivity contribution >= 4 is 40.7 Å². The zero-order valence-corrected chi connectivity index (χ0v) is 14.9. The molecule has 3 nitrogen and oxygen atoms in total. The van der Waals surface area contributed by atoms with Crippen LogP contribution in [0.3, 0.4) is 0 Å². The van der Waals surface area contributed by atoms with Gasteiger partial charge in [0.05, 0.1) is 5.02 Å². The smallest absolute Gasteiger partial charge is 0.275 e. The second-order valence-electron chi connectivity index (χ2n) is 5.30. The van der Waals surface area contributed by atoms with Crippen molar-refractivity contribution < 1.29 is 10.1 Å². The molecule has 0 aliphatic heterocycles. The number of rotatable bonds is 6. The van der Waals surface area contributed by atoms with Crippen molar-refractivity contribution in [1.29, 1.82) is 0 Å². The second kappa shape index (κ2) is 8.55. The Labute approximate surface area is 150 Å². The first-order valence-corrected chi connectivity index (χ1v) is 8.38. The highest BCUT2D eigenvalue weighted by molar-refractivity contribution is 6.35. The fourth-order valence-electron chi connectivity index (χ4n) is 2.20. The van der Waals surface area contributed by atoms with Gasteiger partial charge in [-0.25, -0.2) is 0 Å². The molecule has 3 N–H and O–H groups in total. The lowest BCUT2D eigenvalue weighted by molar-refractivity contribution is -0.682. The Kier molecular flexibility index (Phi) is 6.72. The lowest BCUT2D eigenvalue weighted by Crippen LogP contribution is -2.87. The molecule has 2 aromatic carbocycles. The van der Waals surface area contributed by atoms with Crippen molar-refractivity contribution in [1.82, 2.24) is 5.32 Å². The van der Waals surface area contributed by atoms with Crippen LogP contribution < -0.4 is 10.6 Å². The molecule has 1 amide bonds. The largest absolute Gasteiger partial charge is 0.347 e. The number of amides is 1. The Morgan fingerprint density at radius 2 is 1.87 bits per heavy atom. The number of benzene rings is 2. The minimum Gasteiger partial charge on any atom is -0.347 e. The predicted molar refractivity (Wildman–Crippen MR) is 95.0 cm³/mol. The molecule has 0 aromatic heterocycles. The third kappa shape index (κ3) is 5.70. The third-order valence-corrected chi connectivity index (χ3v) is 4.29. The number of nitrogens with one attached hydrogen (secondary N) is 1. The summed E-state index contributed by atoms with van der Waals surface area (Å²) in [4.78, 5) is 11.9. The zero-order chi connectivity index (χ0) is 16.8. The summed E-state index contributed by atoms with van der Waals surface area (Å²) in [6.07, 6.45) is 0. The molecule has 0 saturated heterocycles. The Hall–Kier alpha value is -1.26. The molecular formula is C17H18Cl3N2O+. The minimum atomic E-state index is -0.0399. The van der Waals surface area contributed by atoms with Gasteiger partial charge in [-0.3, -0.25) is 4.79 Å². The molecular weight excluding hydrogens is 355 g/mol. The Balaban J connectivity index is 1.81. The van der Waals surface area contributed by atoms with E-state index in [2.05, 4.69) is 5.32 Å². The maximum absolute atomic E-state index is 11.9. The Morgan fingerprint density at radius 3 is 2.57 bits per heavy atom. The van der Waals surface area contributed by atoms with Gasteiger partial charge in [0.25, 0.3) is 5.91 Å². The standard InChI is InChI=1S/C17H17Cl3N2O/c1-11(15-6-5-14(19)8-16(15)20)21-10-17(23)22-9-12-3-2-4-13(18)7-12/h2-8,11,21H,9-10H2,1H3,(H,22,23)/p+1/t11-/m0/s1. The number of nitrogens with two attached hydrogens (primary N) is 1. The van der Waals surface area contributed by atoms with E-state index in [1.54, 1.807) is 18.2 Å². The predicted octanol–water partition coefficient (Wildman–Crippen LogP) is 3.59. The summed E-state index contributed by atoms with van der Waals surface area (Å²) >= 11 is 18.0. The summed E-state index contributed by atoms with van der Waals surface area (Å²) in [5.41, 5.74) is 1.93. The monoisotopic (exact) mass is 371 g/mol. The first-order chi connectivity index (χ1) is 11.0. The van der Waals surface area contributed by atoms with Crippen LogP contribution in [-0.2, 0) is 11.3 Å². The molecule has 6 heteroatoms. The minimum absolute atomic E-state index is 0.0399. The van der Waals surface area contributed by atoms with Crippen LogP contribution in [0.5, 0.6) is 0 Å². The van der Waals surface area contributed by atoms with Crippen LogP contribution in [0, 0.1) is 0 Å². The van der Waals surface area contributed by atoms with E-state index in [9.17, 15) is 4.79 Å². The van der Waals surface area contributed by atoms with Crippen molar-refractivity contribution in [3.05, 3.63) is 68.7 Å². The van der Waals surface area contributed by atoms with Gasteiger partial charge in [-0.2, -0.15) is 0 Å². The average Bonchev–Trinajstić information content (AvgIpc) is 2.50. The van der Waals surface area contributed by atoms with Crippen LogP contribution in [0.15, 0.2) is 42.5 Å². The molecule has 0 saturated carbocycles. The molecule has 0 radical (unpaired) electrons. The van der Waals surface area contributed by atoms with Crippen LogP contribution in [0.1, 0.15) is 24.1 Å². The summed E-state index contributed by atoms with van der Waals surface area (Å²) in [6.45, 7) is 2.78. The molecule has 23 heavy (non-hydrogen) atoms. The van der Waals surface area contributed by atoms with E-state index in [-0.39, 0.29) is 11.9 Å². The molecule has 0 fully saturated rings. The van der Waals surface area contributed by atoms with E-state index in [0.717, 1.165) is 11.1 Å². The highest BCUT2D eigenvalue weighted by Crippen LogP contribution is 2.24. The maximum atomic E-state index is 11.9. The van der Waals surface area contributed by atoms with E-state index in [1.165, 1.54) is 0 Å². The van der Waals surface area contributed by atoms with Gasteiger partial charge in [0, 0.05) is 22.2 Å². The van der Waals surface area contributed by atoms with E-state index < -0.39 is 0 Å². The first-order valence-electron chi connectivity index (χ1n) is 7.25. The Bertz CT molecular complexity index is 691. The van der Waals surface area contributed by atoms with Crippen LogP contribution in [0.25, 0.3) is 0 Å². The molecule has 0 heterocycles. The molecule has 0 spiro atoms. The molecule has 122 valence electrons. The third-order valence-electron chi connectivity index (χ3n) is 3.49. The summed E-state index contributed by atoms with van der Waals surface area (Å²) in [5, 5.41) is 6.68. The van der Waals surface area contributed by atoms with Gasteiger partial charge in [0.15, 0.2) is 6.54 Å². The Morgan fingerprint density at radius 1 is 1.13 bits per heavy atom. The number of carbonyl (C=O) groups is 1. The molecule has 0 aliphatic rings. The SMILES string of the molecule is C[C@H]([NH2+]CC(=O)NCc1cccc(Cl)c1)c1ccc(Cl)cc1Cl. The number of carbonyl (C=O) groups excluding carboxylic acids is 1. The summed E-state index contributed by atoms with van der Waals surface area (Å²) < 4.78 is 0. The van der Waals surface area contributed by atoms with Crippen molar-refractivity contribution in [2.75, 3.05) is 6.54 Å². The van der Waals surface area contributed by atoms with E-state index >= 15 is 0 Å². The normalized spacial score (nSPS) is 12.0. The van der Waals surface area contributed by atoms with Gasteiger partial charge in [-0.15, -0.1) is 0 Å². The molecule has 2 rings (SSSR count). The summed E-state index contributed by atoms with van der Waals surface area (Å²) in [7, 11) is 0. The van der Waals surface area contributed by atoms with Crippen molar-refractivity contribution in [3.63, 3.8) is 0 Å². The zero-order valence-electron chi connectivity index (χ0n) is 12.7. The quantitative estimate of drug-likeness (QED) is 0.800. The van der Waals surface area contributed by atoms with Gasteiger partial charge in [-0.05, 0) is 36.8 Å². The second-order valence-corrected chi connectivity index (χ2v) is 6.58. The van der Waals surface area contributed by atoms with Gasteiger partial charge in [0.2, 0.25) is 0 Å². The number of quaternary nitrogens is 1. The van der Waals surface area contributed by atoms with Crippen LogP contribution >= 0.6 is 34.8 Å². The first kappa shape index (κ1) is 18.1. The van der Waals surface area contributed by atoms with Crippen LogP contribution in [-0.4, -0.2) is 12.5 Å². The van der Waals surface area contributed by atoms with Gasteiger partial charge >= 0.3 is 0 Å². The van der Waals surface area contributed by atoms with Gasteiger partial charge in [0.1, 0.15) is 6.04 Å². The van der Waals surface area contributed by atoms with Crippen LogP contribution in [0.4, 0.5) is 0 Å². The number of hydrogen-bond donors (Lipinski definition) is 2. The molecule has 1 atom stereocenters.